The molecule has 26 heavy (non-hydrogen) atoms. The zero-order valence-electron chi connectivity index (χ0n) is 14.3. The average molecular weight is 352 g/mol. The van der Waals surface area contributed by atoms with E-state index in [2.05, 4.69) is 25.7 Å². The van der Waals surface area contributed by atoms with Crippen LogP contribution < -0.4 is 10.4 Å². The Morgan fingerprint density at radius 2 is 1.96 bits per heavy atom. The molecule has 0 aliphatic carbocycles. The number of hydrogen-bond acceptors (Lipinski definition) is 6. The summed E-state index contributed by atoms with van der Waals surface area (Å²) in [5, 5.41) is 12.3. The van der Waals surface area contributed by atoms with Crippen LogP contribution in [0.3, 0.4) is 0 Å². The van der Waals surface area contributed by atoms with Gasteiger partial charge in [-0.15, -0.1) is 15.3 Å². The van der Waals surface area contributed by atoms with Crippen LogP contribution in [-0.4, -0.2) is 38.8 Å². The van der Waals surface area contributed by atoms with E-state index in [0.717, 1.165) is 43.0 Å². The monoisotopic (exact) mass is 352 g/mol. The third-order valence-corrected chi connectivity index (χ3v) is 4.59. The van der Waals surface area contributed by atoms with Gasteiger partial charge in [0.2, 0.25) is 5.91 Å². The summed E-state index contributed by atoms with van der Waals surface area (Å²) in [6.07, 6.45) is 3.12. The number of aromatic nitrogens is 4. The van der Waals surface area contributed by atoms with E-state index in [0.29, 0.717) is 6.61 Å². The van der Waals surface area contributed by atoms with Crippen molar-refractivity contribution in [3.05, 3.63) is 54.4 Å². The van der Waals surface area contributed by atoms with Gasteiger partial charge in [-0.1, -0.05) is 30.3 Å². The highest BCUT2D eigenvalue weighted by Gasteiger charge is 2.26. The summed E-state index contributed by atoms with van der Waals surface area (Å²) in [5.74, 6) is 0.778. The average Bonchev–Trinajstić information content (AvgIpc) is 3.17. The Hall–Kier alpha value is -3.00. The molecule has 0 unspecified atom stereocenters. The highest BCUT2D eigenvalue weighted by Crippen LogP contribution is 2.22. The SMILES string of the molecule is O=C(NOCc1ccccc1)C1CCN(c2ccc3nncn3n2)CC1. The molecule has 1 amide bonds. The number of fused-ring (bicyclic) bond motifs is 1. The smallest absolute Gasteiger partial charge is 0.246 e. The van der Waals surface area contributed by atoms with Crippen LogP contribution in [-0.2, 0) is 16.2 Å². The predicted molar refractivity (Wildman–Crippen MR) is 95.1 cm³/mol. The van der Waals surface area contributed by atoms with E-state index in [1.165, 1.54) is 0 Å². The highest BCUT2D eigenvalue weighted by molar-refractivity contribution is 5.77. The lowest BCUT2D eigenvalue weighted by Gasteiger charge is -2.31. The van der Waals surface area contributed by atoms with Crippen LogP contribution >= 0.6 is 0 Å². The van der Waals surface area contributed by atoms with Crippen molar-refractivity contribution in [3.8, 4) is 0 Å². The summed E-state index contributed by atoms with van der Waals surface area (Å²) < 4.78 is 1.66. The lowest BCUT2D eigenvalue weighted by Crippen LogP contribution is -2.41. The number of nitrogens with one attached hydrogen (secondary N) is 1. The number of hydrogen-bond donors (Lipinski definition) is 1. The number of anilines is 1. The second-order valence-corrected chi connectivity index (χ2v) is 6.33. The van der Waals surface area contributed by atoms with Crippen LogP contribution in [0.1, 0.15) is 18.4 Å². The Kier molecular flexibility index (Phi) is 4.74. The Balaban J connectivity index is 1.26. The molecule has 2 aromatic heterocycles. The molecule has 3 heterocycles. The van der Waals surface area contributed by atoms with E-state index < -0.39 is 0 Å². The van der Waals surface area contributed by atoms with Crippen molar-refractivity contribution in [2.75, 3.05) is 18.0 Å². The number of nitrogens with zero attached hydrogens (tertiary/aromatic N) is 5. The molecule has 1 saturated heterocycles. The number of piperidine rings is 1. The molecule has 134 valence electrons. The summed E-state index contributed by atoms with van der Waals surface area (Å²) in [6, 6.07) is 13.6. The van der Waals surface area contributed by atoms with Crippen LogP contribution in [0.5, 0.6) is 0 Å². The molecule has 4 rings (SSSR count). The molecule has 0 bridgehead atoms. The topological polar surface area (TPSA) is 84.6 Å². The molecule has 1 aromatic carbocycles. The van der Waals surface area contributed by atoms with E-state index >= 15 is 0 Å². The van der Waals surface area contributed by atoms with E-state index in [4.69, 9.17) is 4.84 Å². The van der Waals surface area contributed by atoms with E-state index in [9.17, 15) is 4.79 Å². The standard InChI is InChI=1S/C18H20N6O2/c25-18(22-26-12-14-4-2-1-3-5-14)15-8-10-23(11-9-15)17-7-6-16-20-19-13-24(16)21-17/h1-7,13,15H,8-12H2,(H,22,25). The Morgan fingerprint density at radius 1 is 1.15 bits per heavy atom. The summed E-state index contributed by atoms with van der Waals surface area (Å²) in [7, 11) is 0. The Morgan fingerprint density at radius 3 is 2.77 bits per heavy atom. The summed E-state index contributed by atoms with van der Waals surface area (Å²) in [5.41, 5.74) is 4.33. The number of hydroxylamine groups is 1. The maximum Gasteiger partial charge on any atom is 0.246 e. The van der Waals surface area contributed by atoms with Gasteiger partial charge in [-0.3, -0.25) is 9.63 Å². The van der Waals surface area contributed by atoms with Crippen LogP contribution in [0.4, 0.5) is 5.82 Å². The molecule has 1 N–H and O–H groups in total. The van der Waals surface area contributed by atoms with Gasteiger partial charge in [0, 0.05) is 19.0 Å². The largest absolute Gasteiger partial charge is 0.355 e. The third kappa shape index (κ3) is 3.65. The minimum absolute atomic E-state index is 0.0410. The molecule has 1 aliphatic rings. The van der Waals surface area contributed by atoms with Gasteiger partial charge in [0.15, 0.2) is 5.65 Å². The number of carbonyl (C=O) groups excluding carboxylic acids is 1. The quantitative estimate of drug-likeness (QED) is 0.702. The van der Waals surface area contributed by atoms with Gasteiger partial charge in [-0.05, 0) is 30.5 Å². The van der Waals surface area contributed by atoms with Gasteiger partial charge in [-0.2, -0.15) is 4.52 Å². The van der Waals surface area contributed by atoms with Crippen LogP contribution in [0.25, 0.3) is 5.65 Å². The molecular weight excluding hydrogens is 332 g/mol. The second kappa shape index (κ2) is 7.49. The first-order valence-corrected chi connectivity index (χ1v) is 8.67. The molecule has 8 nitrogen and oxygen atoms in total. The minimum Gasteiger partial charge on any atom is -0.355 e. The molecule has 0 saturated carbocycles. The van der Waals surface area contributed by atoms with Gasteiger partial charge in [0.05, 0.1) is 6.61 Å². The maximum atomic E-state index is 12.3. The predicted octanol–water partition coefficient (Wildman–Crippen LogP) is 1.59. The van der Waals surface area contributed by atoms with Crippen molar-refractivity contribution in [1.82, 2.24) is 25.3 Å². The summed E-state index contributed by atoms with van der Waals surface area (Å²) in [4.78, 5) is 19.8. The zero-order valence-corrected chi connectivity index (χ0v) is 14.3. The first kappa shape index (κ1) is 16.5. The van der Waals surface area contributed by atoms with Crippen LogP contribution in [0.2, 0.25) is 0 Å². The Bertz CT molecular complexity index is 874. The van der Waals surface area contributed by atoms with Crippen molar-refractivity contribution in [3.63, 3.8) is 0 Å². The van der Waals surface area contributed by atoms with Crippen molar-refractivity contribution >= 4 is 17.4 Å². The molecule has 8 heteroatoms. The van der Waals surface area contributed by atoms with Crippen LogP contribution in [0.15, 0.2) is 48.8 Å². The second-order valence-electron chi connectivity index (χ2n) is 6.33. The normalized spacial score (nSPS) is 15.3. The molecule has 0 spiro atoms. The molecule has 0 atom stereocenters. The van der Waals surface area contributed by atoms with E-state index in [-0.39, 0.29) is 11.8 Å². The van der Waals surface area contributed by atoms with Crippen LogP contribution in [0, 0.1) is 5.92 Å². The lowest BCUT2D eigenvalue weighted by molar-refractivity contribution is -0.139. The molecule has 1 fully saturated rings. The van der Waals surface area contributed by atoms with Gasteiger partial charge in [0.25, 0.3) is 0 Å². The number of rotatable bonds is 5. The highest BCUT2D eigenvalue weighted by atomic mass is 16.6. The molecule has 1 aliphatic heterocycles. The number of carbonyl (C=O) groups is 1. The van der Waals surface area contributed by atoms with Crippen molar-refractivity contribution < 1.29 is 9.63 Å². The molecular formula is C18H20N6O2. The first-order valence-electron chi connectivity index (χ1n) is 8.67. The van der Waals surface area contributed by atoms with Gasteiger partial charge in [0.1, 0.15) is 12.1 Å². The van der Waals surface area contributed by atoms with Crippen molar-refractivity contribution in [2.24, 2.45) is 5.92 Å². The van der Waals surface area contributed by atoms with Crippen molar-refractivity contribution in [1.29, 1.82) is 0 Å². The van der Waals surface area contributed by atoms with Gasteiger partial charge >= 0.3 is 0 Å². The lowest BCUT2D eigenvalue weighted by atomic mass is 9.96. The molecule has 0 radical (unpaired) electrons. The fourth-order valence-corrected chi connectivity index (χ4v) is 3.11. The van der Waals surface area contributed by atoms with Gasteiger partial charge < -0.3 is 4.90 Å². The minimum atomic E-state index is -0.0530. The molecule has 3 aromatic rings. The van der Waals surface area contributed by atoms with Gasteiger partial charge in [-0.25, -0.2) is 5.48 Å². The fraction of sp³-hybridized carbons (Fsp3) is 0.333. The summed E-state index contributed by atoms with van der Waals surface area (Å²) in [6.45, 7) is 1.92. The summed E-state index contributed by atoms with van der Waals surface area (Å²) >= 11 is 0. The first-order chi connectivity index (χ1) is 12.8. The number of benzene rings is 1. The van der Waals surface area contributed by atoms with E-state index in [1.54, 1.807) is 10.8 Å². The maximum absolute atomic E-state index is 12.3. The zero-order chi connectivity index (χ0) is 17.8. The van der Waals surface area contributed by atoms with E-state index in [1.807, 2.05) is 42.5 Å². The Labute approximate surface area is 150 Å². The van der Waals surface area contributed by atoms with Crippen molar-refractivity contribution in [2.45, 2.75) is 19.4 Å². The third-order valence-electron chi connectivity index (χ3n) is 4.59. The fourth-order valence-electron chi connectivity index (χ4n) is 3.11. The number of amides is 1.